The second-order valence-corrected chi connectivity index (χ2v) is 5.01. The van der Waals surface area contributed by atoms with E-state index in [0.29, 0.717) is 12.5 Å². The van der Waals surface area contributed by atoms with E-state index in [0.717, 1.165) is 19.4 Å². The van der Waals surface area contributed by atoms with Gasteiger partial charge in [0.05, 0.1) is 5.60 Å². The lowest BCUT2D eigenvalue weighted by atomic mass is 9.94. The molecule has 1 aliphatic rings. The summed E-state index contributed by atoms with van der Waals surface area (Å²) in [5.74, 6) is 0.613. The monoisotopic (exact) mass is 199 g/mol. The van der Waals surface area contributed by atoms with E-state index in [1.165, 1.54) is 25.7 Å². The van der Waals surface area contributed by atoms with Gasteiger partial charge in [0, 0.05) is 13.2 Å². The minimum absolute atomic E-state index is 0.0147. The summed E-state index contributed by atoms with van der Waals surface area (Å²) < 4.78 is 6.04. The van der Waals surface area contributed by atoms with Crippen LogP contribution in [0.4, 0.5) is 0 Å². The van der Waals surface area contributed by atoms with Gasteiger partial charge in [-0.3, -0.25) is 0 Å². The molecule has 0 aliphatic heterocycles. The molecule has 2 heteroatoms. The molecule has 0 aromatic rings. The number of hydrogen-bond donors (Lipinski definition) is 1. The Morgan fingerprint density at radius 2 is 1.71 bits per heavy atom. The predicted octanol–water partition coefficient (Wildman–Crippen LogP) is 2.71. The van der Waals surface area contributed by atoms with Gasteiger partial charge in [-0.25, -0.2) is 0 Å². The van der Waals surface area contributed by atoms with Gasteiger partial charge in [0.2, 0.25) is 0 Å². The predicted molar refractivity (Wildman–Crippen MR) is 60.3 cm³/mol. The summed E-state index contributed by atoms with van der Waals surface area (Å²) in [5, 5.41) is 0. The summed E-state index contributed by atoms with van der Waals surface area (Å²) in [4.78, 5) is 0. The lowest BCUT2D eigenvalue weighted by Crippen LogP contribution is -2.41. The summed E-state index contributed by atoms with van der Waals surface area (Å²) in [6.07, 6.45) is 7.61. The molecule has 2 N–H and O–H groups in total. The third-order valence-electron chi connectivity index (χ3n) is 3.11. The normalized spacial score (nSPS) is 22.3. The van der Waals surface area contributed by atoms with Crippen LogP contribution in [0.1, 0.15) is 52.4 Å². The standard InChI is InChI=1S/C12H25NO/c1-11(2)9-14-12(10-13)7-5-3-4-6-8-12/h11H,3-10,13H2,1-2H3. The molecular weight excluding hydrogens is 174 g/mol. The van der Waals surface area contributed by atoms with Crippen LogP contribution in [0.2, 0.25) is 0 Å². The zero-order valence-electron chi connectivity index (χ0n) is 9.72. The Balaban J connectivity index is 2.45. The molecule has 2 nitrogen and oxygen atoms in total. The van der Waals surface area contributed by atoms with Crippen molar-refractivity contribution in [2.24, 2.45) is 11.7 Å². The lowest BCUT2D eigenvalue weighted by molar-refractivity contribution is -0.0602. The molecule has 0 spiro atoms. The first kappa shape index (κ1) is 12.0. The highest BCUT2D eigenvalue weighted by Gasteiger charge is 2.30. The van der Waals surface area contributed by atoms with Crippen molar-refractivity contribution >= 4 is 0 Å². The van der Waals surface area contributed by atoms with Gasteiger partial charge in [-0.05, 0) is 18.8 Å². The van der Waals surface area contributed by atoms with E-state index in [1.54, 1.807) is 0 Å². The first-order valence-corrected chi connectivity index (χ1v) is 6.02. The summed E-state index contributed by atoms with van der Waals surface area (Å²) in [7, 11) is 0. The van der Waals surface area contributed by atoms with Crippen molar-refractivity contribution in [3.8, 4) is 0 Å². The largest absolute Gasteiger partial charge is 0.373 e. The van der Waals surface area contributed by atoms with Crippen LogP contribution in [0.5, 0.6) is 0 Å². The maximum Gasteiger partial charge on any atom is 0.0804 e. The zero-order chi connectivity index (χ0) is 10.4. The van der Waals surface area contributed by atoms with Crippen LogP contribution in [-0.4, -0.2) is 18.8 Å². The fraction of sp³-hybridized carbons (Fsp3) is 1.00. The van der Waals surface area contributed by atoms with Crippen LogP contribution in [0.25, 0.3) is 0 Å². The Labute approximate surface area is 88.2 Å². The fourth-order valence-electron chi connectivity index (χ4n) is 2.12. The topological polar surface area (TPSA) is 35.2 Å². The summed E-state index contributed by atoms with van der Waals surface area (Å²) in [5.41, 5.74) is 5.88. The van der Waals surface area contributed by atoms with E-state index >= 15 is 0 Å². The molecule has 1 aliphatic carbocycles. The van der Waals surface area contributed by atoms with Crippen LogP contribution < -0.4 is 5.73 Å². The molecule has 84 valence electrons. The van der Waals surface area contributed by atoms with Gasteiger partial charge in [-0.2, -0.15) is 0 Å². The molecule has 0 amide bonds. The van der Waals surface area contributed by atoms with E-state index < -0.39 is 0 Å². The van der Waals surface area contributed by atoms with E-state index in [1.807, 2.05) is 0 Å². The second kappa shape index (κ2) is 5.72. The molecule has 1 saturated carbocycles. The maximum absolute atomic E-state index is 6.04. The number of hydrogen-bond acceptors (Lipinski definition) is 2. The SMILES string of the molecule is CC(C)COC1(CN)CCCCCC1. The van der Waals surface area contributed by atoms with E-state index in [9.17, 15) is 0 Å². The van der Waals surface area contributed by atoms with Crippen molar-refractivity contribution in [1.82, 2.24) is 0 Å². The maximum atomic E-state index is 6.04. The van der Waals surface area contributed by atoms with E-state index in [4.69, 9.17) is 10.5 Å². The smallest absolute Gasteiger partial charge is 0.0804 e. The minimum Gasteiger partial charge on any atom is -0.373 e. The summed E-state index contributed by atoms with van der Waals surface area (Å²) in [6.45, 7) is 5.94. The van der Waals surface area contributed by atoms with Gasteiger partial charge >= 0.3 is 0 Å². The number of rotatable bonds is 4. The van der Waals surface area contributed by atoms with Gasteiger partial charge in [-0.15, -0.1) is 0 Å². The van der Waals surface area contributed by atoms with Crippen molar-refractivity contribution in [2.75, 3.05) is 13.2 Å². The molecule has 14 heavy (non-hydrogen) atoms. The average molecular weight is 199 g/mol. The molecule has 0 aromatic carbocycles. The molecule has 0 aromatic heterocycles. The molecule has 1 fully saturated rings. The molecule has 0 saturated heterocycles. The second-order valence-electron chi connectivity index (χ2n) is 5.01. The first-order chi connectivity index (χ1) is 6.68. The Morgan fingerprint density at radius 3 is 2.14 bits per heavy atom. The highest BCUT2D eigenvalue weighted by Crippen LogP contribution is 2.30. The molecule has 0 radical (unpaired) electrons. The number of ether oxygens (including phenoxy) is 1. The fourth-order valence-corrected chi connectivity index (χ4v) is 2.12. The number of nitrogens with two attached hydrogens (primary N) is 1. The molecule has 1 rings (SSSR count). The minimum atomic E-state index is 0.0147. The van der Waals surface area contributed by atoms with Gasteiger partial charge in [0.15, 0.2) is 0 Å². The quantitative estimate of drug-likeness (QED) is 0.707. The van der Waals surface area contributed by atoms with Crippen molar-refractivity contribution in [3.63, 3.8) is 0 Å². The Bertz CT molecular complexity index is 148. The van der Waals surface area contributed by atoms with Gasteiger partial charge in [0.1, 0.15) is 0 Å². The van der Waals surface area contributed by atoms with Crippen molar-refractivity contribution in [1.29, 1.82) is 0 Å². The molecule has 0 bridgehead atoms. The van der Waals surface area contributed by atoms with Gasteiger partial charge < -0.3 is 10.5 Å². The molecule has 0 unspecified atom stereocenters. The third-order valence-corrected chi connectivity index (χ3v) is 3.11. The molecule has 0 heterocycles. The highest BCUT2D eigenvalue weighted by molar-refractivity contribution is 4.84. The first-order valence-electron chi connectivity index (χ1n) is 6.02. The van der Waals surface area contributed by atoms with Crippen LogP contribution in [0, 0.1) is 5.92 Å². The Morgan fingerprint density at radius 1 is 1.14 bits per heavy atom. The van der Waals surface area contributed by atoms with Crippen LogP contribution in [-0.2, 0) is 4.74 Å². The van der Waals surface area contributed by atoms with Gasteiger partial charge in [-0.1, -0.05) is 39.5 Å². The van der Waals surface area contributed by atoms with E-state index in [-0.39, 0.29) is 5.60 Å². The van der Waals surface area contributed by atoms with Crippen molar-refractivity contribution < 1.29 is 4.74 Å². The van der Waals surface area contributed by atoms with Crippen molar-refractivity contribution in [2.45, 2.75) is 58.0 Å². The zero-order valence-corrected chi connectivity index (χ0v) is 9.72. The van der Waals surface area contributed by atoms with Crippen molar-refractivity contribution in [3.05, 3.63) is 0 Å². The summed E-state index contributed by atoms with van der Waals surface area (Å²) >= 11 is 0. The molecule has 0 atom stereocenters. The van der Waals surface area contributed by atoms with Crippen LogP contribution in [0.15, 0.2) is 0 Å². The van der Waals surface area contributed by atoms with Crippen LogP contribution >= 0.6 is 0 Å². The third kappa shape index (κ3) is 3.58. The Hall–Kier alpha value is -0.0800. The molecular formula is C12H25NO. The van der Waals surface area contributed by atoms with Gasteiger partial charge in [0.25, 0.3) is 0 Å². The van der Waals surface area contributed by atoms with Crippen LogP contribution in [0.3, 0.4) is 0 Å². The average Bonchev–Trinajstić information content (AvgIpc) is 2.41. The highest BCUT2D eigenvalue weighted by atomic mass is 16.5. The summed E-state index contributed by atoms with van der Waals surface area (Å²) in [6, 6.07) is 0. The van der Waals surface area contributed by atoms with E-state index in [2.05, 4.69) is 13.8 Å². The Kier molecular flexibility index (Phi) is 4.90. The lowest BCUT2D eigenvalue weighted by Gasteiger charge is -2.32.